The first kappa shape index (κ1) is 16.2. The number of hydrogen-bond donors (Lipinski definition) is 1. The number of carbonyl (C=O) groups excluding carboxylic acids is 1. The average molecular weight is 318 g/mol. The van der Waals surface area contributed by atoms with Crippen LogP contribution in [0.5, 0.6) is 0 Å². The maximum Gasteiger partial charge on any atom is 0.223 e. The van der Waals surface area contributed by atoms with Crippen LogP contribution in [0.4, 0.5) is 5.82 Å². The molecule has 1 aromatic heterocycles. The lowest BCUT2D eigenvalue weighted by molar-refractivity contribution is -0.128. The van der Waals surface area contributed by atoms with Gasteiger partial charge in [-0.15, -0.1) is 5.10 Å². The molecule has 0 aliphatic carbocycles. The van der Waals surface area contributed by atoms with Crippen LogP contribution in [0.25, 0.3) is 0 Å². The first-order valence-corrected chi connectivity index (χ1v) is 8.63. The van der Waals surface area contributed by atoms with Gasteiger partial charge in [-0.1, -0.05) is 0 Å². The van der Waals surface area contributed by atoms with Gasteiger partial charge >= 0.3 is 0 Å². The molecule has 0 radical (unpaired) electrons. The van der Waals surface area contributed by atoms with Gasteiger partial charge in [-0.3, -0.25) is 4.79 Å². The molecule has 0 saturated carbocycles. The van der Waals surface area contributed by atoms with Crippen molar-refractivity contribution in [3.63, 3.8) is 0 Å². The first-order valence-electron chi connectivity index (χ1n) is 8.63. The summed E-state index contributed by atoms with van der Waals surface area (Å²) in [5.74, 6) is 1.75. The summed E-state index contributed by atoms with van der Waals surface area (Å²) in [6.45, 7) is 6.07. The zero-order chi connectivity index (χ0) is 16.1. The van der Waals surface area contributed by atoms with Gasteiger partial charge in [-0.2, -0.15) is 5.10 Å². The Balaban J connectivity index is 1.48. The van der Waals surface area contributed by atoms with Gasteiger partial charge in [-0.25, -0.2) is 0 Å². The van der Waals surface area contributed by atoms with Crippen LogP contribution in [0.15, 0.2) is 12.1 Å². The van der Waals surface area contributed by atoms with Crippen molar-refractivity contribution in [2.45, 2.75) is 32.6 Å². The second-order valence-corrected chi connectivity index (χ2v) is 6.62. The van der Waals surface area contributed by atoms with Crippen LogP contribution in [0.2, 0.25) is 0 Å². The third-order valence-corrected chi connectivity index (χ3v) is 4.78. The molecule has 1 unspecified atom stereocenters. The zero-order valence-electron chi connectivity index (χ0n) is 13.8. The molecule has 2 saturated heterocycles. The van der Waals surface area contributed by atoms with Gasteiger partial charge in [0, 0.05) is 38.8 Å². The molecule has 2 aliphatic heterocycles. The van der Waals surface area contributed by atoms with E-state index in [-0.39, 0.29) is 11.8 Å². The average Bonchev–Trinajstić information content (AvgIpc) is 2.61. The molecular weight excluding hydrogens is 292 g/mol. The number of aryl methyl sites for hydroxylation is 1. The van der Waals surface area contributed by atoms with E-state index in [0.29, 0.717) is 19.1 Å². The predicted octanol–water partition coefficient (Wildman–Crippen LogP) is 1.54. The van der Waals surface area contributed by atoms with Crippen LogP contribution < -0.4 is 10.2 Å². The Morgan fingerprint density at radius 3 is 2.87 bits per heavy atom. The fourth-order valence-electron chi connectivity index (χ4n) is 3.35. The van der Waals surface area contributed by atoms with Crippen molar-refractivity contribution < 1.29 is 9.53 Å². The van der Waals surface area contributed by atoms with E-state index in [2.05, 4.69) is 20.4 Å². The third-order valence-electron chi connectivity index (χ3n) is 4.78. The summed E-state index contributed by atoms with van der Waals surface area (Å²) in [6, 6.07) is 4.03. The van der Waals surface area contributed by atoms with Crippen LogP contribution in [-0.2, 0) is 9.53 Å². The molecule has 23 heavy (non-hydrogen) atoms. The van der Waals surface area contributed by atoms with Gasteiger partial charge in [0.1, 0.15) is 0 Å². The van der Waals surface area contributed by atoms with Crippen LogP contribution in [0, 0.1) is 18.8 Å². The minimum atomic E-state index is 0.131. The second kappa shape index (κ2) is 7.73. The van der Waals surface area contributed by atoms with E-state index in [4.69, 9.17) is 4.74 Å². The third kappa shape index (κ3) is 4.41. The van der Waals surface area contributed by atoms with Gasteiger partial charge < -0.3 is 15.0 Å². The minimum Gasteiger partial charge on any atom is -0.381 e. The molecule has 0 bridgehead atoms. The number of hydrogen-bond acceptors (Lipinski definition) is 5. The quantitative estimate of drug-likeness (QED) is 0.912. The van der Waals surface area contributed by atoms with E-state index in [0.717, 1.165) is 56.8 Å². The van der Waals surface area contributed by atoms with E-state index < -0.39 is 0 Å². The summed E-state index contributed by atoms with van der Waals surface area (Å²) in [7, 11) is 0. The standard InChI is InChI=1S/C17H26N4O2/c1-13-4-5-16(20-19-13)21-8-2-3-14(12-21)11-18-17(22)15-6-9-23-10-7-15/h4-5,14-15H,2-3,6-12H2,1H3,(H,18,22). The molecule has 6 heteroatoms. The number of ether oxygens (including phenoxy) is 1. The van der Waals surface area contributed by atoms with E-state index in [1.165, 1.54) is 0 Å². The molecule has 0 spiro atoms. The highest BCUT2D eigenvalue weighted by Crippen LogP contribution is 2.21. The number of aromatic nitrogens is 2. The normalized spacial score (nSPS) is 22.8. The predicted molar refractivity (Wildman–Crippen MR) is 88.3 cm³/mol. The molecule has 0 aromatic carbocycles. The highest BCUT2D eigenvalue weighted by Gasteiger charge is 2.24. The number of piperidine rings is 1. The summed E-state index contributed by atoms with van der Waals surface area (Å²) >= 11 is 0. The minimum absolute atomic E-state index is 0.131. The number of anilines is 1. The molecule has 2 fully saturated rings. The van der Waals surface area contributed by atoms with Crippen molar-refractivity contribution in [1.29, 1.82) is 0 Å². The molecule has 1 aromatic rings. The Morgan fingerprint density at radius 1 is 1.30 bits per heavy atom. The molecule has 3 heterocycles. The fourth-order valence-corrected chi connectivity index (χ4v) is 3.35. The smallest absolute Gasteiger partial charge is 0.223 e. The number of nitrogens with zero attached hydrogens (tertiary/aromatic N) is 3. The van der Waals surface area contributed by atoms with E-state index in [1.807, 2.05) is 19.1 Å². The Morgan fingerprint density at radius 2 is 2.13 bits per heavy atom. The Labute approximate surface area is 137 Å². The van der Waals surface area contributed by atoms with Crippen molar-refractivity contribution in [3.8, 4) is 0 Å². The van der Waals surface area contributed by atoms with Gasteiger partial charge in [0.25, 0.3) is 0 Å². The van der Waals surface area contributed by atoms with Crippen molar-refractivity contribution in [3.05, 3.63) is 17.8 Å². The van der Waals surface area contributed by atoms with Crippen LogP contribution in [0.1, 0.15) is 31.4 Å². The molecule has 1 amide bonds. The monoisotopic (exact) mass is 318 g/mol. The van der Waals surface area contributed by atoms with E-state index in [9.17, 15) is 4.79 Å². The Hall–Kier alpha value is -1.69. The van der Waals surface area contributed by atoms with Gasteiger partial charge in [0.05, 0.1) is 5.69 Å². The largest absolute Gasteiger partial charge is 0.381 e. The SMILES string of the molecule is Cc1ccc(N2CCCC(CNC(=O)C3CCOCC3)C2)nn1. The summed E-state index contributed by atoms with van der Waals surface area (Å²) in [5.41, 5.74) is 0.936. The first-order chi connectivity index (χ1) is 11.2. The summed E-state index contributed by atoms with van der Waals surface area (Å²) in [5, 5.41) is 11.6. The summed E-state index contributed by atoms with van der Waals surface area (Å²) in [6.07, 6.45) is 3.99. The summed E-state index contributed by atoms with van der Waals surface area (Å²) < 4.78 is 5.32. The van der Waals surface area contributed by atoms with Crippen molar-refractivity contribution in [2.24, 2.45) is 11.8 Å². The van der Waals surface area contributed by atoms with E-state index in [1.54, 1.807) is 0 Å². The molecule has 3 rings (SSSR count). The summed E-state index contributed by atoms with van der Waals surface area (Å²) in [4.78, 5) is 14.5. The van der Waals surface area contributed by atoms with E-state index >= 15 is 0 Å². The molecule has 126 valence electrons. The topological polar surface area (TPSA) is 67.4 Å². The second-order valence-electron chi connectivity index (χ2n) is 6.62. The Kier molecular flexibility index (Phi) is 5.43. The highest BCUT2D eigenvalue weighted by atomic mass is 16.5. The maximum absolute atomic E-state index is 12.2. The molecule has 1 atom stereocenters. The molecule has 2 aliphatic rings. The lowest BCUT2D eigenvalue weighted by Gasteiger charge is -2.33. The number of nitrogens with one attached hydrogen (secondary N) is 1. The number of rotatable bonds is 4. The molecule has 6 nitrogen and oxygen atoms in total. The maximum atomic E-state index is 12.2. The van der Waals surface area contributed by atoms with Gasteiger partial charge in [0.15, 0.2) is 5.82 Å². The van der Waals surface area contributed by atoms with Crippen molar-refractivity contribution >= 4 is 11.7 Å². The van der Waals surface area contributed by atoms with Crippen LogP contribution >= 0.6 is 0 Å². The number of amides is 1. The van der Waals surface area contributed by atoms with Crippen molar-refractivity contribution in [1.82, 2.24) is 15.5 Å². The molecular formula is C17H26N4O2. The fraction of sp³-hybridized carbons (Fsp3) is 0.706. The number of carbonyl (C=O) groups is 1. The van der Waals surface area contributed by atoms with Crippen LogP contribution in [0.3, 0.4) is 0 Å². The molecule has 1 N–H and O–H groups in total. The van der Waals surface area contributed by atoms with Crippen molar-refractivity contribution in [2.75, 3.05) is 37.7 Å². The van der Waals surface area contributed by atoms with Crippen LogP contribution in [-0.4, -0.2) is 49.0 Å². The Bertz CT molecular complexity index is 514. The lowest BCUT2D eigenvalue weighted by atomic mass is 9.96. The lowest BCUT2D eigenvalue weighted by Crippen LogP contribution is -2.43. The van der Waals surface area contributed by atoms with Gasteiger partial charge in [0.2, 0.25) is 5.91 Å². The zero-order valence-corrected chi connectivity index (χ0v) is 13.8. The highest BCUT2D eigenvalue weighted by molar-refractivity contribution is 5.78. The van der Waals surface area contributed by atoms with Gasteiger partial charge in [-0.05, 0) is 50.7 Å².